The van der Waals surface area contributed by atoms with Gasteiger partial charge >= 0.3 is 0 Å². The van der Waals surface area contributed by atoms with Crippen molar-refractivity contribution in [1.82, 2.24) is 0 Å². The maximum absolute atomic E-state index is 12.8. The summed E-state index contributed by atoms with van der Waals surface area (Å²) < 4.78 is 17.7. The van der Waals surface area contributed by atoms with E-state index >= 15 is 0 Å². The quantitative estimate of drug-likeness (QED) is 0.316. The van der Waals surface area contributed by atoms with Gasteiger partial charge in [-0.3, -0.25) is 0 Å². The van der Waals surface area contributed by atoms with Crippen LogP contribution < -0.4 is 4.74 Å². The minimum absolute atomic E-state index is 0.0804. The Labute approximate surface area is 86.3 Å². The first-order valence-corrected chi connectivity index (χ1v) is 4.11. The van der Waals surface area contributed by atoms with E-state index in [2.05, 4.69) is 21.9 Å². The monoisotopic (exact) mass is 205 g/mol. The van der Waals surface area contributed by atoms with Gasteiger partial charge in [-0.05, 0) is 17.7 Å². The van der Waals surface area contributed by atoms with Crippen LogP contribution in [0, 0.1) is 17.7 Å². The van der Waals surface area contributed by atoms with E-state index < -0.39 is 0 Å². The molecule has 0 heterocycles. The summed E-state index contributed by atoms with van der Waals surface area (Å²) in [6, 6.07) is 4.05. The molecule has 0 radical (unpaired) electrons. The highest BCUT2D eigenvalue weighted by Crippen LogP contribution is 2.17. The predicted molar refractivity (Wildman–Crippen MR) is 53.8 cm³/mol. The molecule has 0 atom stereocenters. The van der Waals surface area contributed by atoms with Gasteiger partial charge in [0.05, 0.1) is 19.2 Å². The van der Waals surface area contributed by atoms with Crippen LogP contribution in [0.15, 0.2) is 23.3 Å². The maximum atomic E-state index is 12.8. The standard InChI is InChI=1S/C10H8FN3O/c1-15-10-7-9(11)5-4-8(10)3-2-6-13-14-12/h4-5,7H,6H2,1H3. The molecule has 0 saturated heterocycles. The van der Waals surface area contributed by atoms with E-state index in [4.69, 9.17) is 10.3 Å². The second-order valence-electron chi connectivity index (χ2n) is 2.54. The highest BCUT2D eigenvalue weighted by molar-refractivity contribution is 5.46. The average Bonchev–Trinajstić information content (AvgIpc) is 2.26. The van der Waals surface area contributed by atoms with Gasteiger partial charge in [-0.15, -0.1) is 0 Å². The first-order chi connectivity index (χ1) is 7.27. The SMILES string of the molecule is COc1cc(F)ccc1C#CCN=[N+]=[N-]. The molecule has 0 bridgehead atoms. The van der Waals surface area contributed by atoms with Gasteiger partial charge in [0.1, 0.15) is 11.6 Å². The Morgan fingerprint density at radius 3 is 3.07 bits per heavy atom. The lowest BCUT2D eigenvalue weighted by Gasteiger charge is -2.01. The first kappa shape index (κ1) is 10.9. The number of nitrogens with zero attached hydrogens (tertiary/aromatic N) is 3. The Balaban J connectivity index is 2.91. The van der Waals surface area contributed by atoms with Crippen LogP contribution in [-0.4, -0.2) is 13.7 Å². The van der Waals surface area contributed by atoms with Crippen molar-refractivity contribution in [3.63, 3.8) is 0 Å². The van der Waals surface area contributed by atoms with E-state index in [0.29, 0.717) is 11.3 Å². The zero-order valence-corrected chi connectivity index (χ0v) is 8.07. The lowest BCUT2D eigenvalue weighted by molar-refractivity contribution is 0.410. The molecule has 0 saturated carbocycles. The van der Waals surface area contributed by atoms with E-state index in [9.17, 15) is 4.39 Å². The van der Waals surface area contributed by atoms with Crippen LogP contribution in [0.25, 0.3) is 10.4 Å². The Bertz CT molecular complexity index is 455. The number of methoxy groups -OCH3 is 1. The third kappa shape index (κ3) is 3.22. The summed E-state index contributed by atoms with van der Waals surface area (Å²) >= 11 is 0. The van der Waals surface area contributed by atoms with Gasteiger partial charge in [0.2, 0.25) is 0 Å². The molecular formula is C10H8FN3O. The van der Waals surface area contributed by atoms with Gasteiger partial charge in [-0.2, -0.15) is 0 Å². The van der Waals surface area contributed by atoms with Gasteiger partial charge in [-0.1, -0.05) is 17.0 Å². The third-order valence-electron chi connectivity index (χ3n) is 1.60. The summed E-state index contributed by atoms with van der Waals surface area (Å²) in [5.74, 6) is 5.33. The van der Waals surface area contributed by atoms with Crippen LogP contribution in [-0.2, 0) is 0 Å². The molecule has 15 heavy (non-hydrogen) atoms. The fourth-order valence-electron chi connectivity index (χ4n) is 0.970. The van der Waals surface area contributed by atoms with Gasteiger partial charge in [0, 0.05) is 11.0 Å². The highest BCUT2D eigenvalue weighted by atomic mass is 19.1. The molecule has 4 nitrogen and oxygen atoms in total. The van der Waals surface area contributed by atoms with Crippen molar-refractivity contribution in [3.8, 4) is 17.6 Å². The minimum Gasteiger partial charge on any atom is -0.495 e. The Morgan fingerprint density at radius 1 is 1.60 bits per heavy atom. The first-order valence-electron chi connectivity index (χ1n) is 4.11. The van der Waals surface area contributed by atoms with Crippen molar-refractivity contribution in [2.75, 3.05) is 13.7 Å². The largest absolute Gasteiger partial charge is 0.495 e. The summed E-state index contributed by atoms with van der Waals surface area (Å²) in [7, 11) is 1.44. The molecule has 0 aliphatic rings. The number of hydrogen-bond donors (Lipinski definition) is 0. The summed E-state index contributed by atoms with van der Waals surface area (Å²) in [5, 5.41) is 3.25. The number of hydrogen-bond acceptors (Lipinski definition) is 2. The van der Waals surface area contributed by atoms with E-state index in [0.717, 1.165) is 0 Å². The van der Waals surface area contributed by atoms with Gasteiger partial charge < -0.3 is 4.74 Å². The molecule has 0 unspecified atom stereocenters. The predicted octanol–water partition coefficient (Wildman–Crippen LogP) is 2.50. The summed E-state index contributed by atoms with van der Waals surface area (Å²) in [6.45, 7) is 0.0804. The van der Waals surface area contributed by atoms with Crippen LogP contribution in [0.3, 0.4) is 0 Å². The van der Waals surface area contributed by atoms with Crippen LogP contribution in [0.5, 0.6) is 5.75 Å². The molecule has 1 aromatic rings. The van der Waals surface area contributed by atoms with Crippen molar-refractivity contribution in [2.24, 2.45) is 5.11 Å². The lowest BCUT2D eigenvalue weighted by Crippen LogP contribution is -1.89. The highest BCUT2D eigenvalue weighted by Gasteiger charge is 2.00. The molecule has 1 aromatic carbocycles. The molecular weight excluding hydrogens is 197 g/mol. The normalized spacial score (nSPS) is 8.40. The van der Waals surface area contributed by atoms with E-state index in [1.807, 2.05) is 0 Å². The van der Waals surface area contributed by atoms with Gasteiger partial charge in [0.25, 0.3) is 0 Å². The number of halogens is 1. The van der Waals surface area contributed by atoms with E-state index in [-0.39, 0.29) is 12.4 Å². The Hall–Kier alpha value is -2.18. The van der Waals surface area contributed by atoms with Crippen molar-refractivity contribution in [2.45, 2.75) is 0 Å². The number of ether oxygens (including phenoxy) is 1. The Kier molecular flexibility index (Phi) is 4.02. The Morgan fingerprint density at radius 2 is 2.40 bits per heavy atom. The van der Waals surface area contributed by atoms with Crippen molar-refractivity contribution in [1.29, 1.82) is 0 Å². The molecule has 0 amide bonds. The zero-order valence-electron chi connectivity index (χ0n) is 8.07. The molecule has 0 aliphatic carbocycles. The molecule has 0 spiro atoms. The van der Waals surface area contributed by atoms with Gasteiger partial charge in [0.15, 0.2) is 0 Å². The summed E-state index contributed by atoms with van der Waals surface area (Å²) in [6.07, 6.45) is 0. The number of benzene rings is 1. The number of azide groups is 1. The van der Waals surface area contributed by atoms with Crippen molar-refractivity contribution in [3.05, 3.63) is 40.0 Å². The van der Waals surface area contributed by atoms with Crippen LogP contribution in [0.2, 0.25) is 0 Å². The molecule has 0 fully saturated rings. The van der Waals surface area contributed by atoms with Crippen LogP contribution >= 0.6 is 0 Å². The van der Waals surface area contributed by atoms with Gasteiger partial charge in [-0.25, -0.2) is 4.39 Å². The topological polar surface area (TPSA) is 58.0 Å². The lowest BCUT2D eigenvalue weighted by atomic mass is 10.2. The molecule has 0 N–H and O–H groups in total. The van der Waals surface area contributed by atoms with Crippen molar-refractivity contribution >= 4 is 0 Å². The molecule has 0 aliphatic heterocycles. The third-order valence-corrected chi connectivity index (χ3v) is 1.60. The van der Waals surface area contributed by atoms with Crippen molar-refractivity contribution < 1.29 is 9.13 Å². The molecule has 5 heteroatoms. The van der Waals surface area contributed by atoms with Crippen LogP contribution in [0.4, 0.5) is 4.39 Å². The van der Waals surface area contributed by atoms with E-state index in [1.54, 1.807) is 0 Å². The fourth-order valence-corrected chi connectivity index (χ4v) is 0.970. The second kappa shape index (κ2) is 5.53. The smallest absolute Gasteiger partial charge is 0.137 e. The second-order valence-corrected chi connectivity index (χ2v) is 2.54. The average molecular weight is 205 g/mol. The summed E-state index contributed by atoms with van der Waals surface area (Å²) in [4.78, 5) is 2.55. The van der Waals surface area contributed by atoms with E-state index in [1.165, 1.54) is 25.3 Å². The van der Waals surface area contributed by atoms with Crippen LogP contribution in [0.1, 0.15) is 5.56 Å². The summed E-state index contributed by atoms with van der Waals surface area (Å²) in [5.41, 5.74) is 8.58. The maximum Gasteiger partial charge on any atom is 0.137 e. The fraction of sp³-hybridized carbons (Fsp3) is 0.200. The minimum atomic E-state index is -0.382. The molecule has 0 aromatic heterocycles. The zero-order chi connectivity index (χ0) is 11.1. The number of rotatable bonds is 2. The molecule has 1 rings (SSSR count). The molecule has 76 valence electrons.